The molecule has 0 amide bonds. The smallest absolute Gasteiger partial charge is 0.375 e. The second kappa shape index (κ2) is 8.16. The van der Waals surface area contributed by atoms with Gasteiger partial charge in [0.1, 0.15) is 5.73 Å². The van der Waals surface area contributed by atoms with Gasteiger partial charge in [-0.1, -0.05) is 20.3 Å². The highest BCUT2D eigenvalue weighted by atomic mass is 28.4. The average Bonchev–Trinajstić information content (AvgIpc) is 2.32. The van der Waals surface area contributed by atoms with Gasteiger partial charge < -0.3 is 23.1 Å². The lowest BCUT2D eigenvalue weighted by molar-refractivity contribution is -0.135. The Morgan fingerprint density at radius 3 is 1.88 bits per heavy atom. The average molecular weight is 252 g/mol. The molecule has 1 N–H and O–H groups in total. The Morgan fingerprint density at radius 1 is 1.06 bits per heavy atom. The molecule has 2 unspecified atom stereocenters. The molecule has 0 aromatic rings. The Labute approximate surface area is 99.0 Å². The van der Waals surface area contributed by atoms with Crippen molar-refractivity contribution in [2.24, 2.45) is 0 Å². The number of aliphatic hydroxyl groups is 1. The van der Waals surface area contributed by atoms with Crippen molar-refractivity contribution in [1.29, 1.82) is 0 Å². The number of hydrogen-bond donors (Lipinski definition) is 1. The van der Waals surface area contributed by atoms with Gasteiger partial charge in [-0.25, -0.2) is 0 Å². The Morgan fingerprint density at radius 2 is 1.56 bits per heavy atom. The zero-order valence-corrected chi connectivity index (χ0v) is 11.9. The lowest BCUT2D eigenvalue weighted by atomic mass is 10.3. The van der Waals surface area contributed by atoms with E-state index in [4.69, 9.17) is 18.0 Å². The van der Waals surface area contributed by atoms with Crippen molar-refractivity contribution in [3.8, 4) is 0 Å². The molecule has 0 aliphatic rings. The quantitative estimate of drug-likeness (QED) is 0.495. The van der Waals surface area contributed by atoms with Crippen molar-refractivity contribution >= 4 is 8.80 Å². The minimum absolute atomic E-state index is 0.326. The molecular formula is C10H24O5Si. The fourth-order valence-electron chi connectivity index (χ4n) is 1.52. The summed E-state index contributed by atoms with van der Waals surface area (Å²) in [5.41, 5.74) is -0.326. The zero-order valence-electron chi connectivity index (χ0n) is 10.9. The van der Waals surface area contributed by atoms with Crippen LogP contribution in [0.2, 0.25) is 0 Å². The molecule has 2 atom stereocenters. The largest absolute Gasteiger partial charge is 0.530 e. The molecule has 0 aliphatic carbocycles. The van der Waals surface area contributed by atoms with Gasteiger partial charge >= 0.3 is 8.80 Å². The summed E-state index contributed by atoms with van der Waals surface area (Å²) in [6.45, 7) is 3.89. The summed E-state index contributed by atoms with van der Waals surface area (Å²) >= 11 is 0. The fourth-order valence-corrected chi connectivity index (χ4v) is 3.78. The first-order chi connectivity index (χ1) is 7.60. The second-order valence-electron chi connectivity index (χ2n) is 3.49. The van der Waals surface area contributed by atoms with Crippen molar-refractivity contribution in [1.82, 2.24) is 0 Å². The summed E-state index contributed by atoms with van der Waals surface area (Å²) in [6.07, 6.45) is 1.37. The van der Waals surface area contributed by atoms with Crippen LogP contribution in [-0.2, 0) is 18.0 Å². The molecule has 0 bridgehead atoms. The van der Waals surface area contributed by atoms with Crippen molar-refractivity contribution in [3.63, 3.8) is 0 Å². The number of hydrogen-bond acceptors (Lipinski definition) is 5. The third-order valence-corrected chi connectivity index (χ3v) is 5.39. The third kappa shape index (κ3) is 4.12. The molecule has 0 aromatic carbocycles. The van der Waals surface area contributed by atoms with Crippen LogP contribution < -0.4 is 0 Å². The van der Waals surface area contributed by atoms with Crippen molar-refractivity contribution < 1.29 is 23.1 Å². The summed E-state index contributed by atoms with van der Waals surface area (Å²) in [6, 6.07) is 0. The van der Waals surface area contributed by atoms with Crippen LogP contribution in [0.15, 0.2) is 0 Å². The first-order valence-electron chi connectivity index (χ1n) is 5.59. The van der Waals surface area contributed by atoms with Gasteiger partial charge in [-0.15, -0.1) is 0 Å². The van der Waals surface area contributed by atoms with Crippen LogP contribution in [-0.4, -0.2) is 47.3 Å². The number of ether oxygens (including phenoxy) is 1. The van der Waals surface area contributed by atoms with E-state index in [1.165, 1.54) is 0 Å². The Hall–Kier alpha value is 0.0169. The summed E-state index contributed by atoms with van der Waals surface area (Å²) in [4.78, 5) is 0. The lowest BCUT2D eigenvalue weighted by Gasteiger charge is -2.33. The minimum Gasteiger partial charge on any atom is -0.375 e. The van der Waals surface area contributed by atoms with Gasteiger partial charge in [0.25, 0.3) is 0 Å². The minimum atomic E-state index is -2.83. The van der Waals surface area contributed by atoms with Crippen LogP contribution >= 0.6 is 0 Å². The molecule has 0 aromatic heterocycles. The zero-order chi connectivity index (χ0) is 12.6. The van der Waals surface area contributed by atoms with E-state index in [0.29, 0.717) is 6.42 Å². The van der Waals surface area contributed by atoms with Gasteiger partial charge in [0.15, 0.2) is 6.29 Å². The summed E-state index contributed by atoms with van der Waals surface area (Å²) < 4.78 is 21.6. The Balaban J connectivity index is 4.69. The monoisotopic (exact) mass is 252 g/mol. The molecule has 16 heavy (non-hydrogen) atoms. The molecule has 0 rings (SSSR count). The first kappa shape index (κ1) is 16.0. The summed E-state index contributed by atoms with van der Waals surface area (Å²) in [7, 11) is 1.81. The number of aliphatic hydroxyl groups excluding tert-OH is 1. The number of rotatable bonds is 9. The normalized spacial score (nSPS) is 16.1. The summed E-state index contributed by atoms with van der Waals surface area (Å²) in [5.74, 6) is 0. The lowest BCUT2D eigenvalue weighted by Crippen LogP contribution is -2.56. The summed E-state index contributed by atoms with van der Waals surface area (Å²) in [5, 5.41) is 9.54. The maximum absolute atomic E-state index is 9.54. The van der Waals surface area contributed by atoms with E-state index in [-0.39, 0.29) is 5.73 Å². The van der Waals surface area contributed by atoms with Gasteiger partial charge in [-0.3, -0.25) is 0 Å². The van der Waals surface area contributed by atoms with Crippen LogP contribution in [0, 0.1) is 0 Å². The van der Waals surface area contributed by atoms with Crippen molar-refractivity contribution in [3.05, 3.63) is 0 Å². The van der Waals surface area contributed by atoms with Gasteiger partial charge in [0.2, 0.25) is 0 Å². The predicted molar refractivity (Wildman–Crippen MR) is 62.9 cm³/mol. The van der Waals surface area contributed by atoms with E-state index < -0.39 is 15.1 Å². The maximum atomic E-state index is 9.54. The molecule has 6 heteroatoms. The molecule has 0 heterocycles. The molecule has 0 saturated carbocycles. The van der Waals surface area contributed by atoms with E-state index in [1.54, 1.807) is 21.3 Å². The standard InChI is InChI=1S/C10H24O5Si/c1-6-8-10(15-9(11)7-2)16(12-3,13-4)14-5/h9-11H,6-8H2,1-5H3. The SMILES string of the molecule is CCCC(OC(O)CC)[Si](OC)(OC)OC. The van der Waals surface area contributed by atoms with Crippen molar-refractivity contribution in [2.75, 3.05) is 21.3 Å². The van der Waals surface area contributed by atoms with Crippen molar-refractivity contribution in [2.45, 2.75) is 45.1 Å². The van der Waals surface area contributed by atoms with Crippen LogP contribution in [0.4, 0.5) is 0 Å². The van der Waals surface area contributed by atoms with Gasteiger partial charge in [0.05, 0.1) is 0 Å². The Kier molecular flexibility index (Phi) is 8.17. The van der Waals surface area contributed by atoms with E-state index in [1.807, 2.05) is 13.8 Å². The maximum Gasteiger partial charge on any atom is 0.530 e. The molecule has 0 aliphatic heterocycles. The van der Waals surface area contributed by atoms with E-state index in [9.17, 15) is 5.11 Å². The predicted octanol–water partition coefficient (Wildman–Crippen LogP) is 1.32. The van der Waals surface area contributed by atoms with Crippen LogP contribution in [0.5, 0.6) is 0 Å². The molecule has 0 fully saturated rings. The van der Waals surface area contributed by atoms with Crippen LogP contribution in [0.25, 0.3) is 0 Å². The molecule has 0 saturated heterocycles. The van der Waals surface area contributed by atoms with E-state index in [0.717, 1.165) is 12.8 Å². The third-order valence-electron chi connectivity index (χ3n) is 2.47. The topological polar surface area (TPSA) is 57.2 Å². The van der Waals surface area contributed by atoms with Crippen LogP contribution in [0.1, 0.15) is 33.1 Å². The molecule has 0 spiro atoms. The molecule has 5 nitrogen and oxygen atoms in total. The van der Waals surface area contributed by atoms with Gasteiger partial charge in [-0.05, 0) is 12.8 Å². The first-order valence-corrected chi connectivity index (χ1v) is 7.39. The highest BCUT2D eigenvalue weighted by Crippen LogP contribution is 2.21. The highest BCUT2D eigenvalue weighted by Gasteiger charge is 2.48. The van der Waals surface area contributed by atoms with Crippen LogP contribution in [0.3, 0.4) is 0 Å². The molecular weight excluding hydrogens is 228 g/mol. The molecule has 0 radical (unpaired) electrons. The second-order valence-corrected chi connectivity index (χ2v) is 6.57. The van der Waals surface area contributed by atoms with Gasteiger partial charge in [-0.2, -0.15) is 0 Å². The van der Waals surface area contributed by atoms with Gasteiger partial charge in [0, 0.05) is 21.3 Å². The molecule has 98 valence electrons. The fraction of sp³-hybridized carbons (Fsp3) is 1.00. The highest BCUT2D eigenvalue weighted by molar-refractivity contribution is 6.62. The Bertz CT molecular complexity index is 166. The van der Waals surface area contributed by atoms with E-state index >= 15 is 0 Å². The van der Waals surface area contributed by atoms with E-state index in [2.05, 4.69) is 0 Å².